The van der Waals surface area contributed by atoms with Crippen LogP contribution in [-0.4, -0.2) is 25.7 Å². The second kappa shape index (κ2) is 7.58. The third-order valence-corrected chi connectivity index (χ3v) is 2.53. The summed E-state index contributed by atoms with van der Waals surface area (Å²) in [6.07, 6.45) is 1.09. The first-order chi connectivity index (χ1) is 8.71. The Morgan fingerprint density at radius 1 is 1.33 bits per heavy atom. The van der Waals surface area contributed by atoms with Crippen LogP contribution in [0.25, 0.3) is 0 Å². The van der Waals surface area contributed by atoms with Gasteiger partial charge < -0.3 is 14.8 Å². The molecule has 18 heavy (non-hydrogen) atoms. The maximum absolute atomic E-state index is 11.8. The van der Waals surface area contributed by atoms with Gasteiger partial charge in [-0.05, 0) is 25.0 Å². The Hall–Kier alpha value is -1.71. The molecule has 100 valence electrons. The number of benzene rings is 1. The van der Waals surface area contributed by atoms with Crippen LogP contribution in [0.15, 0.2) is 24.3 Å². The number of hydrogen-bond acceptors (Lipinski definition) is 3. The number of rotatable bonds is 7. The lowest BCUT2D eigenvalue weighted by Crippen LogP contribution is -2.38. The van der Waals surface area contributed by atoms with Gasteiger partial charge in [0.15, 0.2) is 6.10 Å². The molecule has 1 aromatic carbocycles. The van der Waals surface area contributed by atoms with Crippen LogP contribution in [0.5, 0.6) is 11.5 Å². The van der Waals surface area contributed by atoms with Crippen LogP contribution in [0.4, 0.5) is 0 Å². The third-order valence-electron chi connectivity index (χ3n) is 2.53. The Morgan fingerprint density at radius 3 is 2.67 bits per heavy atom. The van der Waals surface area contributed by atoms with Crippen LogP contribution in [0, 0.1) is 0 Å². The zero-order valence-electron chi connectivity index (χ0n) is 11.2. The van der Waals surface area contributed by atoms with Crippen LogP contribution < -0.4 is 14.8 Å². The molecule has 1 rings (SSSR count). The van der Waals surface area contributed by atoms with Crippen LogP contribution in [0.2, 0.25) is 0 Å². The molecule has 0 fully saturated rings. The van der Waals surface area contributed by atoms with Crippen molar-refractivity contribution in [3.05, 3.63) is 24.3 Å². The van der Waals surface area contributed by atoms with Gasteiger partial charge in [0.05, 0.1) is 7.11 Å². The van der Waals surface area contributed by atoms with E-state index >= 15 is 0 Å². The molecule has 0 spiro atoms. The molecule has 0 heterocycles. The van der Waals surface area contributed by atoms with Gasteiger partial charge in [-0.1, -0.05) is 19.9 Å². The minimum Gasteiger partial charge on any atom is -0.497 e. The third kappa shape index (κ3) is 4.28. The minimum absolute atomic E-state index is 0.0674. The highest BCUT2D eigenvalue weighted by Crippen LogP contribution is 2.20. The van der Waals surface area contributed by atoms with E-state index in [9.17, 15) is 4.79 Å². The van der Waals surface area contributed by atoms with E-state index in [1.165, 1.54) is 0 Å². The summed E-state index contributed by atoms with van der Waals surface area (Å²) in [4.78, 5) is 11.8. The molecule has 0 bridgehead atoms. The standard InChI is InChI=1S/C14H21NO3/c1-4-9-15-14(16)13(5-2)18-12-8-6-7-11(10-12)17-3/h6-8,10,13H,4-5,9H2,1-3H3,(H,15,16)/t13-/m0/s1. The smallest absolute Gasteiger partial charge is 0.261 e. The van der Waals surface area contributed by atoms with Gasteiger partial charge in [-0.2, -0.15) is 0 Å². The maximum atomic E-state index is 11.8. The summed E-state index contributed by atoms with van der Waals surface area (Å²) in [7, 11) is 1.60. The van der Waals surface area contributed by atoms with Crippen molar-refractivity contribution in [2.45, 2.75) is 32.8 Å². The van der Waals surface area contributed by atoms with Gasteiger partial charge in [0.2, 0.25) is 0 Å². The lowest BCUT2D eigenvalue weighted by molar-refractivity contribution is -0.128. The van der Waals surface area contributed by atoms with Crippen LogP contribution >= 0.6 is 0 Å². The molecule has 0 aliphatic rings. The summed E-state index contributed by atoms with van der Waals surface area (Å²) < 4.78 is 10.8. The minimum atomic E-state index is -0.455. The van der Waals surface area contributed by atoms with Gasteiger partial charge in [0, 0.05) is 12.6 Å². The largest absolute Gasteiger partial charge is 0.497 e. The second-order valence-corrected chi connectivity index (χ2v) is 3.98. The fraction of sp³-hybridized carbons (Fsp3) is 0.500. The van der Waals surface area contributed by atoms with E-state index in [4.69, 9.17) is 9.47 Å². The molecule has 4 heteroatoms. The molecule has 0 unspecified atom stereocenters. The summed E-state index contributed by atoms with van der Waals surface area (Å²) in [5, 5.41) is 2.84. The molecule has 4 nitrogen and oxygen atoms in total. The van der Waals surface area contributed by atoms with Gasteiger partial charge in [-0.3, -0.25) is 4.79 Å². The Labute approximate surface area is 108 Å². The molecule has 1 N–H and O–H groups in total. The first kappa shape index (κ1) is 14.4. The fourth-order valence-electron chi connectivity index (χ4n) is 1.52. The highest BCUT2D eigenvalue weighted by atomic mass is 16.5. The quantitative estimate of drug-likeness (QED) is 0.809. The van der Waals surface area contributed by atoms with Crippen molar-refractivity contribution in [3.63, 3.8) is 0 Å². The van der Waals surface area contributed by atoms with Crippen molar-refractivity contribution in [1.29, 1.82) is 0 Å². The zero-order valence-corrected chi connectivity index (χ0v) is 11.2. The molecule has 0 saturated carbocycles. The van der Waals surface area contributed by atoms with E-state index in [1.54, 1.807) is 13.2 Å². The van der Waals surface area contributed by atoms with E-state index in [0.29, 0.717) is 18.7 Å². The van der Waals surface area contributed by atoms with E-state index in [1.807, 2.05) is 32.0 Å². The predicted octanol–water partition coefficient (Wildman–Crippen LogP) is 2.38. The van der Waals surface area contributed by atoms with E-state index in [0.717, 1.165) is 12.2 Å². The van der Waals surface area contributed by atoms with Crippen molar-refractivity contribution in [2.75, 3.05) is 13.7 Å². The summed E-state index contributed by atoms with van der Waals surface area (Å²) >= 11 is 0. The highest BCUT2D eigenvalue weighted by molar-refractivity contribution is 5.81. The molecule has 0 aliphatic carbocycles. The zero-order chi connectivity index (χ0) is 13.4. The lowest BCUT2D eigenvalue weighted by Gasteiger charge is -2.17. The van der Waals surface area contributed by atoms with Crippen molar-refractivity contribution in [1.82, 2.24) is 5.32 Å². The highest BCUT2D eigenvalue weighted by Gasteiger charge is 2.17. The van der Waals surface area contributed by atoms with Gasteiger partial charge in [0.1, 0.15) is 11.5 Å². The van der Waals surface area contributed by atoms with Crippen molar-refractivity contribution < 1.29 is 14.3 Å². The molecule has 0 aromatic heterocycles. The predicted molar refractivity (Wildman–Crippen MR) is 71.0 cm³/mol. The number of amides is 1. The Balaban J connectivity index is 2.63. The van der Waals surface area contributed by atoms with Crippen molar-refractivity contribution in [3.8, 4) is 11.5 Å². The first-order valence-corrected chi connectivity index (χ1v) is 6.29. The van der Waals surface area contributed by atoms with Crippen LogP contribution in [0.3, 0.4) is 0 Å². The maximum Gasteiger partial charge on any atom is 0.261 e. The van der Waals surface area contributed by atoms with Gasteiger partial charge >= 0.3 is 0 Å². The normalized spacial score (nSPS) is 11.7. The van der Waals surface area contributed by atoms with Gasteiger partial charge in [-0.25, -0.2) is 0 Å². The molecule has 0 aliphatic heterocycles. The summed E-state index contributed by atoms with van der Waals surface area (Å²) in [5.41, 5.74) is 0. The summed E-state index contributed by atoms with van der Waals surface area (Å²) in [5.74, 6) is 1.30. The number of nitrogens with one attached hydrogen (secondary N) is 1. The average molecular weight is 251 g/mol. The van der Waals surface area contributed by atoms with Crippen LogP contribution in [0.1, 0.15) is 26.7 Å². The number of hydrogen-bond donors (Lipinski definition) is 1. The van der Waals surface area contributed by atoms with E-state index < -0.39 is 6.10 Å². The van der Waals surface area contributed by atoms with Gasteiger partial charge in [-0.15, -0.1) is 0 Å². The second-order valence-electron chi connectivity index (χ2n) is 3.98. The average Bonchev–Trinajstić information content (AvgIpc) is 2.42. The molecule has 0 radical (unpaired) electrons. The number of methoxy groups -OCH3 is 1. The Kier molecular flexibility index (Phi) is 6.05. The summed E-state index contributed by atoms with van der Waals surface area (Å²) in [6.45, 7) is 4.62. The number of carbonyl (C=O) groups is 1. The lowest BCUT2D eigenvalue weighted by atomic mass is 10.2. The molecule has 0 saturated heterocycles. The SMILES string of the molecule is CCCNC(=O)[C@H](CC)Oc1cccc(OC)c1. The summed E-state index contributed by atoms with van der Waals surface area (Å²) in [6, 6.07) is 7.27. The van der Waals surface area contributed by atoms with E-state index in [2.05, 4.69) is 5.32 Å². The van der Waals surface area contributed by atoms with Gasteiger partial charge in [0.25, 0.3) is 5.91 Å². The van der Waals surface area contributed by atoms with Crippen LogP contribution in [-0.2, 0) is 4.79 Å². The first-order valence-electron chi connectivity index (χ1n) is 6.29. The molecule has 1 atom stereocenters. The molecule has 1 aromatic rings. The Bertz CT molecular complexity index is 379. The molecular formula is C14H21NO3. The molecule has 1 amide bonds. The van der Waals surface area contributed by atoms with Crippen molar-refractivity contribution in [2.24, 2.45) is 0 Å². The number of ether oxygens (including phenoxy) is 2. The monoisotopic (exact) mass is 251 g/mol. The van der Waals surface area contributed by atoms with E-state index in [-0.39, 0.29) is 5.91 Å². The van der Waals surface area contributed by atoms with Crippen molar-refractivity contribution >= 4 is 5.91 Å². The number of carbonyl (C=O) groups excluding carboxylic acids is 1. The Morgan fingerprint density at radius 2 is 2.06 bits per heavy atom. The molecular weight excluding hydrogens is 230 g/mol. The topological polar surface area (TPSA) is 47.6 Å². The fourth-order valence-corrected chi connectivity index (χ4v) is 1.52.